The van der Waals surface area contributed by atoms with Crippen molar-refractivity contribution in [2.75, 3.05) is 5.32 Å². The zero-order valence-electron chi connectivity index (χ0n) is 17.1. The first-order valence-corrected chi connectivity index (χ1v) is 10.5. The quantitative estimate of drug-likeness (QED) is 0.606. The minimum atomic E-state index is -0.386. The monoisotopic (exact) mass is 424 g/mol. The first-order chi connectivity index (χ1) is 14.3. The Hall–Kier alpha value is -3.26. The lowest BCUT2D eigenvalue weighted by Gasteiger charge is -2.16. The average Bonchev–Trinajstić information content (AvgIpc) is 3.22. The largest absolute Gasteiger partial charge is 0.345 e. The molecule has 2 aromatic heterocycles. The molecule has 2 heterocycles. The summed E-state index contributed by atoms with van der Waals surface area (Å²) in [6, 6.07) is 10.7. The molecule has 0 saturated heterocycles. The van der Waals surface area contributed by atoms with Crippen LogP contribution in [0.15, 0.2) is 59.0 Å². The standard InChI is InChI=1S/C22H24N4O3S/c1-14(2)16-4-6-17(7-5-16)15(3)24-21(29)18-8-9-20(28)26(12-18)13-19(27)25-22-23-10-11-30-22/h4-12,14-15H,13H2,1-3H3,(H,24,29)(H,23,25,27)/t15-/m0/s1. The molecule has 1 aromatic carbocycles. The van der Waals surface area contributed by atoms with Crippen molar-refractivity contribution in [2.24, 2.45) is 0 Å². The Bertz CT molecular complexity index is 1070. The first-order valence-electron chi connectivity index (χ1n) is 9.64. The second-order valence-electron chi connectivity index (χ2n) is 7.29. The van der Waals surface area contributed by atoms with Gasteiger partial charge in [0.25, 0.3) is 11.5 Å². The molecule has 2 N–H and O–H groups in total. The van der Waals surface area contributed by atoms with Crippen molar-refractivity contribution in [3.05, 3.63) is 81.2 Å². The number of carbonyl (C=O) groups excluding carboxylic acids is 2. The zero-order chi connectivity index (χ0) is 21.7. The smallest absolute Gasteiger partial charge is 0.253 e. The Kier molecular flexibility index (Phi) is 6.79. The fraction of sp³-hybridized carbons (Fsp3) is 0.273. The minimum Gasteiger partial charge on any atom is -0.345 e. The van der Waals surface area contributed by atoms with E-state index in [4.69, 9.17) is 0 Å². The molecule has 0 radical (unpaired) electrons. The van der Waals surface area contributed by atoms with Crippen LogP contribution in [0.4, 0.5) is 5.13 Å². The Morgan fingerprint density at radius 3 is 2.40 bits per heavy atom. The van der Waals surface area contributed by atoms with Crippen LogP contribution in [-0.2, 0) is 11.3 Å². The highest BCUT2D eigenvalue weighted by Crippen LogP contribution is 2.19. The number of anilines is 1. The van der Waals surface area contributed by atoms with Gasteiger partial charge in [0.15, 0.2) is 5.13 Å². The molecule has 156 valence electrons. The molecule has 3 aromatic rings. The van der Waals surface area contributed by atoms with E-state index in [1.807, 2.05) is 19.1 Å². The molecule has 0 aliphatic rings. The minimum absolute atomic E-state index is 0.202. The van der Waals surface area contributed by atoms with Crippen LogP contribution in [0.25, 0.3) is 0 Å². The van der Waals surface area contributed by atoms with Gasteiger partial charge in [-0.15, -0.1) is 11.3 Å². The third-order valence-corrected chi connectivity index (χ3v) is 5.38. The van der Waals surface area contributed by atoms with Gasteiger partial charge in [-0.1, -0.05) is 38.1 Å². The predicted octanol–water partition coefficient (Wildman–Crippen LogP) is 3.56. The third-order valence-electron chi connectivity index (χ3n) is 4.69. The number of aromatic nitrogens is 2. The molecule has 7 nitrogen and oxygen atoms in total. The molecule has 0 unspecified atom stereocenters. The number of rotatable bonds is 7. The molecule has 1 atom stereocenters. The molecule has 30 heavy (non-hydrogen) atoms. The van der Waals surface area contributed by atoms with E-state index in [2.05, 4.69) is 41.6 Å². The van der Waals surface area contributed by atoms with Crippen molar-refractivity contribution in [3.8, 4) is 0 Å². The summed E-state index contributed by atoms with van der Waals surface area (Å²) < 4.78 is 1.21. The van der Waals surface area contributed by atoms with Crippen LogP contribution in [0.3, 0.4) is 0 Å². The molecule has 0 saturated carbocycles. The number of amides is 2. The van der Waals surface area contributed by atoms with Gasteiger partial charge in [0.05, 0.1) is 11.6 Å². The van der Waals surface area contributed by atoms with Crippen molar-refractivity contribution in [1.29, 1.82) is 0 Å². The van der Waals surface area contributed by atoms with Crippen molar-refractivity contribution < 1.29 is 9.59 Å². The van der Waals surface area contributed by atoms with Crippen molar-refractivity contribution in [2.45, 2.75) is 39.3 Å². The van der Waals surface area contributed by atoms with E-state index in [1.54, 1.807) is 11.6 Å². The Labute approximate surface area is 178 Å². The van der Waals surface area contributed by atoms with Crippen LogP contribution in [-0.4, -0.2) is 21.4 Å². The number of pyridine rings is 1. The van der Waals surface area contributed by atoms with Gasteiger partial charge in [0, 0.05) is 23.8 Å². The van der Waals surface area contributed by atoms with Gasteiger partial charge in [0.1, 0.15) is 6.54 Å². The van der Waals surface area contributed by atoms with Gasteiger partial charge in [-0.05, 0) is 30.0 Å². The van der Waals surface area contributed by atoms with Crippen LogP contribution in [0.2, 0.25) is 0 Å². The summed E-state index contributed by atoms with van der Waals surface area (Å²) in [5, 5.41) is 7.75. The molecule has 0 spiro atoms. The molecular weight excluding hydrogens is 400 g/mol. The van der Waals surface area contributed by atoms with Crippen molar-refractivity contribution in [1.82, 2.24) is 14.9 Å². The van der Waals surface area contributed by atoms with Gasteiger partial charge < -0.3 is 15.2 Å². The number of hydrogen-bond acceptors (Lipinski definition) is 5. The number of nitrogens with one attached hydrogen (secondary N) is 2. The maximum atomic E-state index is 12.7. The van der Waals surface area contributed by atoms with E-state index in [0.29, 0.717) is 16.6 Å². The van der Waals surface area contributed by atoms with Crippen molar-refractivity contribution >= 4 is 28.3 Å². The van der Waals surface area contributed by atoms with Gasteiger partial charge in [-0.25, -0.2) is 4.98 Å². The lowest BCUT2D eigenvalue weighted by Crippen LogP contribution is -2.31. The summed E-state index contributed by atoms with van der Waals surface area (Å²) in [6.45, 7) is 5.96. The second-order valence-corrected chi connectivity index (χ2v) is 8.18. The van der Waals surface area contributed by atoms with Crippen LogP contribution in [0.5, 0.6) is 0 Å². The fourth-order valence-corrected chi connectivity index (χ4v) is 3.47. The average molecular weight is 425 g/mol. The highest BCUT2D eigenvalue weighted by Gasteiger charge is 2.14. The lowest BCUT2D eigenvalue weighted by molar-refractivity contribution is -0.116. The molecule has 3 rings (SSSR count). The Morgan fingerprint density at radius 2 is 1.77 bits per heavy atom. The predicted molar refractivity (Wildman–Crippen MR) is 118 cm³/mol. The topological polar surface area (TPSA) is 93.1 Å². The number of hydrogen-bond donors (Lipinski definition) is 2. The van der Waals surface area contributed by atoms with E-state index in [-0.39, 0.29) is 30.0 Å². The zero-order valence-corrected chi connectivity index (χ0v) is 17.9. The molecule has 8 heteroatoms. The maximum Gasteiger partial charge on any atom is 0.253 e. The fourth-order valence-electron chi connectivity index (χ4n) is 2.92. The number of thiazole rings is 1. The summed E-state index contributed by atoms with van der Waals surface area (Å²) in [5.41, 5.74) is 2.17. The summed E-state index contributed by atoms with van der Waals surface area (Å²) >= 11 is 1.29. The van der Waals surface area contributed by atoms with Gasteiger partial charge in [-0.2, -0.15) is 0 Å². The summed E-state index contributed by atoms with van der Waals surface area (Å²) in [5.74, 6) is -0.259. The van der Waals surface area contributed by atoms with E-state index >= 15 is 0 Å². The van der Waals surface area contributed by atoms with Crippen LogP contribution >= 0.6 is 11.3 Å². The number of carbonyl (C=O) groups is 2. The van der Waals surface area contributed by atoms with Crippen molar-refractivity contribution in [3.63, 3.8) is 0 Å². The number of nitrogens with zero attached hydrogens (tertiary/aromatic N) is 2. The summed E-state index contributed by atoms with van der Waals surface area (Å²) in [6.07, 6.45) is 2.97. The van der Waals surface area contributed by atoms with E-state index in [0.717, 1.165) is 5.56 Å². The van der Waals surface area contributed by atoms with E-state index in [9.17, 15) is 14.4 Å². The third kappa shape index (κ3) is 5.42. The van der Waals surface area contributed by atoms with Gasteiger partial charge in [-0.3, -0.25) is 14.4 Å². The van der Waals surface area contributed by atoms with Crippen LogP contribution < -0.4 is 16.2 Å². The first kappa shape index (κ1) is 21.4. The Morgan fingerprint density at radius 1 is 1.07 bits per heavy atom. The maximum absolute atomic E-state index is 12.7. The normalized spacial score (nSPS) is 11.9. The van der Waals surface area contributed by atoms with E-state index in [1.165, 1.54) is 39.8 Å². The highest BCUT2D eigenvalue weighted by atomic mass is 32.1. The molecule has 0 aliphatic carbocycles. The van der Waals surface area contributed by atoms with Crippen LogP contribution in [0, 0.1) is 0 Å². The van der Waals surface area contributed by atoms with Crippen LogP contribution in [0.1, 0.15) is 54.2 Å². The van der Waals surface area contributed by atoms with Gasteiger partial charge in [0.2, 0.25) is 5.91 Å². The Balaban J connectivity index is 1.67. The molecule has 2 amide bonds. The van der Waals surface area contributed by atoms with Gasteiger partial charge >= 0.3 is 0 Å². The molecule has 0 fully saturated rings. The second kappa shape index (κ2) is 9.49. The number of benzene rings is 1. The molecule has 0 bridgehead atoms. The highest BCUT2D eigenvalue weighted by molar-refractivity contribution is 7.13. The SMILES string of the molecule is CC(C)c1ccc([C@H](C)NC(=O)c2ccc(=O)n(CC(=O)Nc3nccs3)c2)cc1. The van der Waals surface area contributed by atoms with E-state index < -0.39 is 0 Å². The molecular formula is C22H24N4O3S. The summed E-state index contributed by atoms with van der Waals surface area (Å²) in [4.78, 5) is 40.9. The lowest BCUT2D eigenvalue weighted by atomic mass is 9.99. The summed E-state index contributed by atoms with van der Waals surface area (Å²) in [7, 11) is 0. The molecule has 0 aliphatic heterocycles.